The molecular formula is C24H22N2O5. The van der Waals surface area contributed by atoms with E-state index in [2.05, 4.69) is 5.32 Å². The van der Waals surface area contributed by atoms with Crippen LogP contribution < -0.4 is 10.2 Å². The van der Waals surface area contributed by atoms with Crippen LogP contribution in [-0.2, 0) is 25.7 Å². The maximum absolute atomic E-state index is 13.3. The molecule has 0 aliphatic carbocycles. The van der Waals surface area contributed by atoms with Crippen molar-refractivity contribution in [3.8, 4) is 0 Å². The lowest BCUT2D eigenvalue weighted by Crippen LogP contribution is -2.49. The van der Waals surface area contributed by atoms with Crippen LogP contribution in [-0.4, -0.2) is 36.2 Å². The van der Waals surface area contributed by atoms with Crippen LogP contribution in [0.4, 0.5) is 10.5 Å². The smallest absolute Gasteiger partial charge is 0.407 e. The third-order valence-corrected chi connectivity index (χ3v) is 6.17. The lowest BCUT2D eigenvalue weighted by molar-refractivity contribution is -0.126. The molecule has 2 aromatic carbocycles. The van der Waals surface area contributed by atoms with Crippen LogP contribution in [0.5, 0.6) is 0 Å². The topological polar surface area (TPSA) is 84.9 Å². The maximum Gasteiger partial charge on any atom is 0.407 e. The Bertz CT molecular complexity index is 1070. The van der Waals surface area contributed by atoms with E-state index in [4.69, 9.17) is 9.47 Å². The van der Waals surface area contributed by atoms with Gasteiger partial charge in [0.05, 0.1) is 30.2 Å². The molecular weight excluding hydrogens is 396 g/mol. The summed E-state index contributed by atoms with van der Waals surface area (Å²) in [7, 11) is 0. The van der Waals surface area contributed by atoms with Crippen LogP contribution in [0.2, 0.25) is 0 Å². The van der Waals surface area contributed by atoms with Gasteiger partial charge in [-0.3, -0.25) is 9.59 Å². The molecule has 31 heavy (non-hydrogen) atoms. The Balaban J connectivity index is 1.29. The van der Waals surface area contributed by atoms with Gasteiger partial charge < -0.3 is 14.8 Å². The highest BCUT2D eigenvalue weighted by Crippen LogP contribution is 2.52. The second-order valence-corrected chi connectivity index (χ2v) is 8.16. The lowest BCUT2D eigenvalue weighted by atomic mass is 9.77. The van der Waals surface area contributed by atoms with Gasteiger partial charge in [-0.2, -0.15) is 0 Å². The van der Waals surface area contributed by atoms with E-state index in [1.807, 2.05) is 55.5 Å². The van der Waals surface area contributed by atoms with Gasteiger partial charge >= 0.3 is 6.09 Å². The van der Waals surface area contributed by atoms with Gasteiger partial charge in [0.15, 0.2) is 0 Å². The molecule has 2 saturated heterocycles. The zero-order chi connectivity index (χ0) is 21.6. The van der Waals surface area contributed by atoms with Crippen molar-refractivity contribution in [2.24, 2.45) is 11.8 Å². The number of ether oxygens (including phenoxy) is 2. The number of rotatable bonds is 5. The van der Waals surface area contributed by atoms with E-state index in [1.54, 1.807) is 18.2 Å². The number of aryl methyl sites for hydroxylation is 1. The van der Waals surface area contributed by atoms with Crippen molar-refractivity contribution in [3.63, 3.8) is 0 Å². The normalized spacial score (nSPS) is 28.2. The Kier molecular flexibility index (Phi) is 4.63. The van der Waals surface area contributed by atoms with Crippen molar-refractivity contribution in [2.45, 2.75) is 25.2 Å². The monoisotopic (exact) mass is 418 g/mol. The second-order valence-electron chi connectivity index (χ2n) is 8.16. The summed E-state index contributed by atoms with van der Waals surface area (Å²) >= 11 is 0. The number of imide groups is 1. The first-order valence-electron chi connectivity index (χ1n) is 10.2. The van der Waals surface area contributed by atoms with Crippen LogP contribution >= 0.6 is 0 Å². The van der Waals surface area contributed by atoms with Crippen molar-refractivity contribution >= 4 is 23.6 Å². The summed E-state index contributed by atoms with van der Waals surface area (Å²) in [5.41, 5.74) is 1.43. The molecule has 7 heteroatoms. The number of nitrogens with one attached hydrogen (secondary N) is 1. The molecule has 7 nitrogen and oxygen atoms in total. The highest BCUT2D eigenvalue weighted by atomic mass is 16.6. The maximum atomic E-state index is 13.3. The van der Waals surface area contributed by atoms with Gasteiger partial charge in [-0.05, 0) is 24.6 Å². The summed E-state index contributed by atoms with van der Waals surface area (Å²) in [4.78, 5) is 39.8. The number of nitrogens with zero attached hydrogens (tertiary/aromatic N) is 1. The number of carbonyl (C=O) groups excluding carboxylic acids is 3. The summed E-state index contributed by atoms with van der Waals surface area (Å²) in [5.74, 6) is -1.82. The minimum absolute atomic E-state index is 0.0511. The number of anilines is 1. The molecule has 2 aromatic rings. The Labute approximate surface area is 179 Å². The molecule has 2 fully saturated rings. The molecule has 3 amide bonds. The van der Waals surface area contributed by atoms with Crippen LogP contribution in [0.1, 0.15) is 11.1 Å². The molecule has 4 atom stereocenters. The van der Waals surface area contributed by atoms with Crippen LogP contribution in [0.15, 0.2) is 66.7 Å². The van der Waals surface area contributed by atoms with E-state index in [0.717, 1.165) is 11.1 Å². The lowest BCUT2D eigenvalue weighted by Gasteiger charge is -2.28. The van der Waals surface area contributed by atoms with Crippen molar-refractivity contribution in [3.05, 3.63) is 77.9 Å². The fourth-order valence-corrected chi connectivity index (χ4v) is 4.64. The molecule has 0 unspecified atom stereocenters. The van der Waals surface area contributed by atoms with E-state index < -0.39 is 29.6 Å². The zero-order valence-corrected chi connectivity index (χ0v) is 17.0. The number of carbonyl (C=O) groups is 3. The van der Waals surface area contributed by atoms with Crippen molar-refractivity contribution in [2.75, 3.05) is 11.4 Å². The number of alkyl carbamates (subject to hydrolysis) is 1. The fraction of sp³-hybridized carbons (Fsp3) is 0.292. The summed E-state index contributed by atoms with van der Waals surface area (Å²) < 4.78 is 11.3. The Morgan fingerprint density at radius 3 is 2.58 bits per heavy atom. The van der Waals surface area contributed by atoms with Crippen LogP contribution in [0.25, 0.3) is 0 Å². The predicted molar refractivity (Wildman–Crippen MR) is 112 cm³/mol. The average molecular weight is 418 g/mol. The van der Waals surface area contributed by atoms with Crippen molar-refractivity contribution in [1.82, 2.24) is 5.32 Å². The van der Waals surface area contributed by atoms with E-state index in [0.29, 0.717) is 5.69 Å². The van der Waals surface area contributed by atoms with E-state index in [1.165, 1.54) is 4.90 Å². The number of hydrogen-bond donors (Lipinski definition) is 1. The van der Waals surface area contributed by atoms with E-state index >= 15 is 0 Å². The van der Waals surface area contributed by atoms with Gasteiger partial charge in [0.1, 0.15) is 12.2 Å². The van der Waals surface area contributed by atoms with Gasteiger partial charge in [-0.1, -0.05) is 60.2 Å². The first-order chi connectivity index (χ1) is 15.0. The van der Waals surface area contributed by atoms with Crippen LogP contribution in [0, 0.1) is 18.8 Å². The van der Waals surface area contributed by atoms with E-state index in [9.17, 15) is 14.4 Å². The second kappa shape index (κ2) is 7.35. The highest BCUT2D eigenvalue weighted by molar-refractivity contribution is 6.23. The molecule has 3 aliphatic rings. The van der Waals surface area contributed by atoms with Gasteiger partial charge in [0, 0.05) is 0 Å². The number of amides is 3. The van der Waals surface area contributed by atoms with Crippen LogP contribution in [0.3, 0.4) is 0 Å². The van der Waals surface area contributed by atoms with Crippen molar-refractivity contribution < 1.29 is 23.9 Å². The molecule has 5 rings (SSSR count). The number of benzene rings is 2. The third-order valence-electron chi connectivity index (χ3n) is 6.17. The fourth-order valence-electron chi connectivity index (χ4n) is 4.64. The molecule has 0 saturated carbocycles. The quantitative estimate of drug-likeness (QED) is 0.596. The average Bonchev–Trinajstić information content (AvgIpc) is 3.43. The molecule has 0 radical (unpaired) electrons. The Morgan fingerprint density at radius 1 is 1.10 bits per heavy atom. The Hall–Kier alpha value is -3.45. The standard InChI is InChI=1S/C24H22N2O5/c1-15-7-9-17(10-8-15)26-21(27)19-18-11-12-24(31-18,20(19)22(26)28)14-25-23(29)30-13-16-5-3-2-4-6-16/h2-12,18-20H,13-14H2,1H3,(H,25,29)/t18-,19-,20+,24+/m1/s1. The Morgan fingerprint density at radius 2 is 1.84 bits per heavy atom. The largest absolute Gasteiger partial charge is 0.445 e. The summed E-state index contributed by atoms with van der Waals surface area (Å²) in [6.45, 7) is 2.14. The number of fused-ring (bicyclic) bond motifs is 5. The molecule has 0 spiro atoms. The molecule has 0 aromatic heterocycles. The van der Waals surface area contributed by atoms with Gasteiger partial charge in [-0.25, -0.2) is 9.69 Å². The van der Waals surface area contributed by atoms with E-state index in [-0.39, 0.29) is 25.0 Å². The summed E-state index contributed by atoms with van der Waals surface area (Å²) in [6.07, 6.45) is 2.52. The summed E-state index contributed by atoms with van der Waals surface area (Å²) in [6, 6.07) is 16.6. The zero-order valence-electron chi connectivity index (χ0n) is 17.0. The number of hydrogen-bond acceptors (Lipinski definition) is 5. The molecule has 158 valence electrons. The third kappa shape index (κ3) is 3.21. The van der Waals surface area contributed by atoms with Crippen molar-refractivity contribution in [1.29, 1.82) is 0 Å². The molecule has 3 heterocycles. The molecule has 2 bridgehead atoms. The first kappa shape index (κ1) is 19.5. The minimum Gasteiger partial charge on any atom is -0.445 e. The summed E-state index contributed by atoms with van der Waals surface area (Å²) in [5, 5.41) is 2.70. The predicted octanol–water partition coefficient (Wildman–Crippen LogP) is 2.73. The molecule has 3 aliphatic heterocycles. The van der Waals surface area contributed by atoms with Gasteiger partial charge in [0.2, 0.25) is 11.8 Å². The minimum atomic E-state index is -1.05. The molecule has 1 N–H and O–H groups in total. The first-order valence-corrected chi connectivity index (χ1v) is 10.2. The highest BCUT2D eigenvalue weighted by Gasteiger charge is 2.67. The SMILES string of the molecule is Cc1ccc(N2C(=O)[C@H]3[C@@H](C2=O)[C@@]2(CNC(=O)OCc4ccccc4)C=C[C@H]3O2)cc1. The van der Waals surface area contributed by atoms with Gasteiger partial charge in [-0.15, -0.1) is 0 Å². The van der Waals surface area contributed by atoms with Gasteiger partial charge in [0.25, 0.3) is 0 Å².